The topological polar surface area (TPSA) is 25.8 Å². The number of aryl methyl sites for hydroxylation is 1. The van der Waals surface area contributed by atoms with Gasteiger partial charge in [0.05, 0.1) is 0 Å². The van der Waals surface area contributed by atoms with E-state index in [1.807, 2.05) is 18.2 Å². The van der Waals surface area contributed by atoms with Crippen LogP contribution < -0.4 is 0 Å². The minimum absolute atomic E-state index is 0.280. The maximum atomic E-state index is 5.62. The molecule has 0 aliphatic carbocycles. The van der Waals surface area contributed by atoms with Crippen LogP contribution >= 0.6 is 11.6 Å². The first kappa shape index (κ1) is 9.16. The Kier molecular flexibility index (Phi) is 2.46. The lowest BCUT2D eigenvalue weighted by Crippen LogP contribution is -1.86. The number of aromatic nitrogens is 2. The zero-order valence-corrected chi connectivity index (χ0v) is 8.49. The Hall–Kier alpha value is -1.41. The lowest BCUT2D eigenvalue weighted by molar-refractivity contribution is 1.17. The molecule has 0 N–H and O–H groups in total. The van der Waals surface area contributed by atoms with E-state index in [1.54, 1.807) is 12.4 Å². The van der Waals surface area contributed by atoms with Crippen LogP contribution in [0.2, 0.25) is 5.28 Å². The molecule has 2 aromatic rings. The van der Waals surface area contributed by atoms with Crippen molar-refractivity contribution in [1.82, 2.24) is 9.97 Å². The number of hydrogen-bond acceptors (Lipinski definition) is 2. The number of benzene rings is 1. The summed E-state index contributed by atoms with van der Waals surface area (Å²) in [6.07, 6.45) is 3.47. The molecule has 0 saturated carbocycles. The third-order valence-corrected chi connectivity index (χ3v) is 2.27. The summed E-state index contributed by atoms with van der Waals surface area (Å²) in [4.78, 5) is 7.90. The molecule has 0 unspecified atom stereocenters. The molecule has 1 aromatic carbocycles. The maximum Gasteiger partial charge on any atom is 0.222 e. The third kappa shape index (κ3) is 1.75. The van der Waals surface area contributed by atoms with Crippen LogP contribution in [-0.2, 0) is 0 Å². The van der Waals surface area contributed by atoms with Gasteiger partial charge in [-0.05, 0) is 29.7 Å². The van der Waals surface area contributed by atoms with Gasteiger partial charge in [-0.3, -0.25) is 0 Å². The molecule has 14 heavy (non-hydrogen) atoms. The summed E-state index contributed by atoms with van der Waals surface area (Å²) in [5.74, 6) is 0. The van der Waals surface area contributed by atoms with Crippen LogP contribution in [0.1, 0.15) is 5.56 Å². The predicted molar refractivity (Wildman–Crippen MR) is 57.2 cm³/mol. The van der Waals surface area contributed by atoms with Crippen LogP contribution in [0.5, 0.6) is 0 Å². The second-order valence-corrected chi connectivity index (χ2v) is 3.39. The normalized spacial score (nSPS) is 10.1. The largest absolute Gasteiger partial charge is 0.226 e. The Balaban J connectivity index is 2.50. The van der Waals surface area contributed by atoms with Crippen molar-refractivity contribution in [1.29, 1.82) is 0 Å². The van der Waals surface area contributed by atoms with E-state index in [4.69, 9.17) is 11.6 Å². The predicted octanol–water partition coefficient (Wildman–Crippen LogP) is 3.11. The monoisotopic (exact) mass is 204 g/mol. The minimum Gasteiger partial charge on any atom is -0.226 e. The van der Waals surface area contributed by atoms with Gasteiger partial charge in [0.15, 0.2) is 0 Å². The quantitative estimate of drug-likeness (QED) is 0.667. The Morgan fingerprint density at radius 1 is 1.07 bits per heavy atom. The van der Waals surface area contributed by atoms with Gasteiger partial charge in [0.1, 0.15) is 0 Å². The van der Waals surface area contributed by atoms with Gasteiger partial charge in [-0.15, -0.1) is 0 Å². The van der Waals surface area contributed by atoms with E-state index >= 15 is 0 Å². The van der Waals surface area contributed by atoms with Gasteiger partial charge >= 0.3 is 0 Å². The van der Waals surface area contributed by atoms with E-state index < -0.39 is 0 Å². The molecule has 3 heteroatoms. The van der Waals surface area contributed by atoms with E-state index in [0.717, 1.165) is 11.1 Å². The van der Waals surface area contributed by atoms with E-state index in [0.29, 0.717) is 0 Å². The van der Waals surface area contributed by atoms with Crippen LogP contribution in [0.4, 0.5) is 0 Å². The van der Waals surface area contributed by atoms with E-state index in [-0.39, 0.29) is 5.28 Å². The number of nitrogens with zero attached hydrogens (tertiary/aromatic N) is 2. The van der Waals surface area contributed by atoms with Gasteiger partial charge in [0, 0.05) is 18.0 Å². The zero-order valence-electron chi connectivity index (χ0n) is 7.74. The van der Waals surface area contributed by atoms with E-state index in [1.165, 1.54) is 5.56 Å². The molecule has 2 nitrogen and oxygen atoms in total. The molecular formula is C11H9ClN2. The van der Waals surface area contributed by atoms with Crippen molar-refractivity contribution < 1.29 is 0 Å². The van der Waals surface area contributed by atoms with Crippen molar-refractivity contribution in [2.45, 2.75) is 6.92 Å². The first-order valence-corrected chi connectivity index (χ1v) is 4.69. The maximum absolute atomic E-state index is 5.62. The molecule has 0 saturated heterocycles. The molecule has 2 rings (SSSR count). The molecule has 0 fully saturated rings. The van der Waals surface area contributed by atoms with E-state index in [2.05, 4.69) is 23.0 Å². The fourth-order valence-electron chi connectivity index (χ4n) is 1.35. The minimum atomic E-state index is 0.280. The van der Waals surface area contributed by atoms with Crippen LogP contribution in [0, 0.1) is 6.92 Å². The fraction of sp³-hybridized carbons (Fsp3) is 0.0909. The van der Waals surface area contributed by atoms with Crippen molar-refractivity contribution >= 4 is 11.6 Å². The number of hydrogen-bond donors (Lipinski definition) is 0. The van der Waals surface area contributed by atoms with Gasteiger partial charge in [0.2, 0.25) is 5.28 Å². The first-order valence-electron chi connectivity index (χ1n) is 4.31. The Labute approximate surface area is 87.6 Å². The fourth-order valence-corrected chi connectivity index (χ4v) is 1.45. The molecule has 0 amide bonds. The first-order chi connectivity index (χ1) is 6.77. The highest BCUT2D eigenvalue weighted by molar-refractivity contribution is 6.28. The highest BCUT2D eigenvalue weighted by Crippen LogP contribution is 2.21. The van der Waals surface area contributed by atoms with Crippen LogP contribution in [0.3, 0.4) is 0 Å². The zero-order chi connectivity index (χ0) is 9.97. The van der Waals surface area contributed by atoms with Crippen molar-refractivity contribution in [3.05, 3.63) is 47.5 Å². The van der Waals surface area contributed by atoms with Crippen molar-refractivity contribution in [3.63, 3.8) is 0 Å². The van der Waals surface area contributed by atoms with E-state index in [9.17, 15) is 0 Å². The Bertz CT molecular complexity index is 437. The second kappa shape index (κ2) is 3.76. The smallest absolute Gasteiger partial charge is 0.222 e. The van der Waals surface area contributed by atoms with Crippen LogP contribution in [0.15, 0.2) is 36.7 Å². The number of rotatable bonds is 1. The van der Waals surface area contributed by atoms with Gasteiger partial charge in [0.25, 0.3) is 0 Å². The molecule has 1 aromatic heterocycles. The third-order valence-electron chi connectivity index (χ3n) is 2.08. The highest BCUT2D eigenvalue weighted by atomic mass is 35.5. The average Bonchev–Trinajstić information content (AvgIpc) is 2.20. The molecule has 0 aliphatic heterocycles. The molecule has 0 radical (unpaired) electrons. The molecule has 0 aliphatic rings. The lowest BCUT2D eigenvalue weighted by atomic mass is 10.0. The summed E-state index contributed by atoms with van der Waals surface area (Å²) in [7, 11) is 0. The molecule has 0 bridgehead atoms. The lowest BCUT2D eigenvalue weighted by Gasteiger charge is -2.03. The second-order valence-electron chi connectivity index (χ2n) is 3.06. The molecule has 0 spiro atoms. The van der Waals surface area contributed by atoms with Gasteiger partial charge < -0.3 is 0 Å². The van der Waals surface area contributed by atoms with Gasteiger partial charge in [-0.2, -0.15) is 0 Å². The van der Waals surface area contributed by atoms with Crippen molar-refractivity contribution in [3.8, 4) is 11.1 Å². The standard InChI is InChI=1S/C11H9ClN2/c1-8-4-2-3-5-10(8)9-6-13-11(12)14-7-9/h2-7H,1H3. The average molecular weight is 205 g/mol. The van der Waals surface area contributed by atoms with Crippen molar-refractivity contribution in [2.24, 2.45) is 0 Å². The number of halogens is 1. The van der Waals surface area contributed by atoms with Crippen LogP contribution in [0.25, 0.3) is 11.1 Å². The summed E-state index contributed by atoms with van der Waals surface area (Å²) in [5, 5.41) is 0.280. The highest BCUT2D eigenvalue weighted by Gasteiger charge is 2.01. The molecule has 0 atom stereocenters. The van der Waals surface area contributed by atoms with Gasteiger partial charge in [-0.1, -0.05) is 24.3 Å². The molecule has 1 heterocycles. The molecule has 70 valence electrons. The Morgan fingerprint density at radius 2 is 1.71 bits per heavy atom. The summed E-state index contributed by atoms with van der Waals surface area (Å²) >= 11 is 5.62. The van der Waals surface area contributed by atoms with Gasteiger partial charge in [-0.25, -0.2) is 9.97 Å². The summed E-state index contributed by atoms with van der Waals surface area (Å²) in [5.41, 5.74) is 3.34. The summed E-state index contributed by atoms with van der Waals surface area (Å²) < 4.78 is 0. The Morgan fingerprint density at radius 3 is 2.36 bits per heavy atom. The molecular weight excluding hydrogens is 196 g/mol. The van der Waals surface area contributed by atoms with Crippen molar-refractivity contribution in [2.75, 3.05) is 0 Å². The summed E-state index contributed by atoms with van der Waals surface area (Å²) in [6.45, 7) is 2.06. The summed E-state index contributed by atoms with van der Waals surface area (Å²) in [6, 6.07) is 8.11. The SMILES string of the molecule is Cc1ccccc1-c1cnc(Cl)nc1. The van der Waals surface area contributed by atoms with Crippen LogP contribution in [-0.4, -0.2) is 9.97 Å².